The lowest BCUT2D eigenvalue weighted by Crippen LogP contribution is -2.18. The van der Waals surface area contributed by atoms with E-state index in [4.69, 9.17) is 5.26 Å². The molecule has 1 aromatic heterocycles. The second-order valence-corrected chi connectivity index (χ2v) is 4.88. The van der Waals surface area contributed by atoms with E-state index < -0.39 is 0 Å². The number of nitrogens with zero attached hydrogens (tertiary/aromatic N) is 3. The number of rotatable bonds is 1. The highest BCUT2D eigenvalue weighted by Gasteiger charge is 2.23. The number of benzene rings is 1. The number of aromatic nitrogens is 2. The van der Waals surface area contributed by atoms with E-state index >= 15 is 0 Å². The second-order valence-electron chi connectivity index (χ2n) is 4.88. The number of hydrogen-bond acceptors (Lipinski definition) is 2. The molecule has 86 valence electrons. The minimum atomic E-state index is 0.592. The molecule has 3 rings (SSSR count). The Bertz CT molecular complexity index is 627. The molecule has 17 heavy (non-hydrogen) atoms. The van der Waals surface area contributed by atoms with Crippen molar-refractivity contribution in [1.29, 1.82) is 5.26 Å². The van der Waals surface area contributed by atoms with Crippen molar-refractivity contribution in [1.82, 2.24) is 9.55 Å². The van der Waals surface area contributed by atoms with Crippen LogP contribution in [0.25, 0.3) is 11.0 Å². The second kappa shape index (κ2) is 3.59. The third kappa shape index (κ3) is 1.44. The maximum atomic E-state index is 9.11. The van der Waals surface area contributed by atoms with Gasteiger partial charge in [0, 0.05) is 6.04 Å². The summed E-state index contributed by atoms with van der Waals surface area (Å²) in [5.41, 5.74) is 3.91. The lowest BCUT2D eigenvalue weighted by molar-refractivity contribution is 0.316. The van der Waals surface area contributed by atoms with Gasteiger partial charge in [-0.3, -0.25) is 0 Å². The summed E-state index contributed by atoms with van der Waals surface area (Å²) < 4.78 is 2.30. The van der Waals surface area contributed by atoms with E-state index in [2.05, 4.69) is 22.5 Å². The average Bonchev–Trinajstić information content (AvgIpc) is 2.52. The summed E-state index contributed by atoms with van der Waals surface area (Å²) in [4.78, 5) is 4.61. The Labute approximate surface area is 101 Å². The van der Waals surface area contributed by atoms with Gasteiger partial charge >= 0.3 is 0 Å². The first-order chi connectivity index (χ1) is 8.20. The van der Waals surface area contributed by atoms with E-state index in [-0.39, 0.29) is 0 Å². The molecule has 0 radical (unpaired) electrons. The minimum absolute atomic E-state index is 0.592. The Kier molecular flexibility index (Phi) is 2.19. The molecule has 0 spiro atoms. The lowest BCUT2D eigenvalue weighted by Gasteiger charge is -2.28. The predicted octanol–water partition coefficient (Wildman–Crippen LogP) is 3.25. The zero-order chi connectivity index (χ0) is 12.0. The monoisotopic (exact) mass is 225 g/mol. The van der Waals surface area contributed by atoms with Gasteiger partial charge < -0.3 is 4.57 Å². The van der Waals surface area contributed by atoms with Crippen LogP contribution in [0.15, 0.2) is 12.1 Å². The van der Waals surface area contributed by atoms with Crippen LogP contribution in [0.5, 0.6) is 0 Å². The summed E-state index contributed by atoms with van der Waals surface area (Å²) in [7, 11) is 0. The zero-order valence-corrected chi connectivity index (χ0v) is 10.2. The molecule has 1 aliphatic rings. The molecule has 3 heteroatoms. The van der Waals surface area contributed by atoms with Crippen molar-refractivity contribution in [2.24, 2.45) is 0 Å². The van der Waals surface area contributed by atoms with Crippen molar-refractivity contribution in [3.8, 4) is 6.07 Å². The molecule has 2 aromatic rings. The van der Waals surface area contributed by atoms with E-state index in [0.717, 1.165) is 28.0 Å². The summed E-state index contributed by atoms with van der Waals surface area (Å²) in [6.45, 7) is 4.02. The molecule has 0 amide bonds. The molecular formula is C14H15N3. The molecule has 3 nitrogen and oxygen atoms in total. The number of imidazole rings is 1. The highest BCUT2D eigenvalue weighted by atomic mass is 15.1. The first-order valence-electron chi connectivity index (χ1n) is 6.10. The van der Waals surface area contributed by atoms with Gasteiger partial charge in [0.05, 0.1) is 22.7 Å². The minimum Gasteiger partial charge on any atom is -0.325 e. The maximum Gasteiger partial charge on any atom is 0.106 e. The molecule has 1 fully saturated rings. The molecule has 0 unspecified atom stereocenters. The third-order valence-corrected chi connectivity index (χ3v) is 3.77. The SMILES string of the molecule is Cc1cc2nc(C)n(C3CCC3)c2cc1C#N. The fourth-order valence-electron chi connectivity index (χ4n) is 2.59. The summed E-state index contributed by atoms with van der Waals surface area (Å²) in [5.74, 6) is 1.07. The summed E-state index contributed by atoms with van der Waals surface area (Å²) in [6.07, 6.45) is 3.78. The van der Waals surface area contributed by atoms with Gasteiger partial charge in [0.15, 0.2) is 0 Å². The van der Waals surface area contributed by atoms with Crippen molar-refractivity contribution in [2.45, 2.75) is 39.2 Å². The zero-order valence-electron chi connectivity index (χ0n) is 10.2. The standard InChI is InChI=1S/C14H15N3/c1-9-6-13-14(7-11(9)8-15)17(10(2)16-13)12-4-3-5-12/h6-7,12H,3-5H2,1-2H3. The molecule has 0 saturated heterocycles. The van der Waals surface area contributed by atoms with Crippen molar-refractivity contribution >= 4 is 11.0 Å². The van der Waals surface area contributed by atoms with E-state index in [0.29, 0.717) is 6.04 Å². The fourth-order valence-corrected chi connectivity index (χ4v) is 2.59. The first-order valence-corrected chi connectivity index (χ1v) is 6.10. The van der Waals surface area contributed by atoms with E-state index in [9.17, 15) is 0 Å². The summed E-state index contributed by atoms with van der Waals surface area (Å²) >= 11 is 0. The van der Waals surface area contributed by atoms with Gasteiger partial charge in [-0.05, 0) is 50.8 Å². The number of nitriles is 1. The quantitative estimate of drug-likeness (QED) is 0.747. The van der Waals surface area contributed by atoms with Gasteiger partial charge in [0.1, 0.15) is 5.82 Å². The smallest absolute Gasteiger partial charge is 0.106 e. The van der Waals surface area contributed by atoms with E-state index in [1.54, 1.807) is 0 Å². The molecule has 0 bridgehead atoms. The van der Waals surface area contributed by atoms with Crippen molar-refractivity contribution in [3.05, 3.63) is 29.1 Å². The molecule has 1 aliphatic carbocycles. The highest BCUT2D eigenvalue weighted by molar-refractivity contribution is 5.79. The van der Waals surface area contributed by atoms with Gasteiger partial charge in [-0.25, -0.2) is 4.98 Å². The van der Waals surface area contributed by atoms with Gasteiger partial charge in [0.25, 0.3) is 0 Å². The Morgan fingerprint density at radius 2 is 2.12 bits per heavy atom. The van der Waals surface area contributed by atoms with Gasteiger partial charge in [0.2, 0.25) is 0 Å². The number of fused-ring (bicyclic) bond motifs is 1. The highest BCUT2D eigenvalue weighted by Crippen LogP contribution is 2.35. The molecule has 0 aliphatic heterocycles. The summed E-state index contributed by atoms with van der Waals surface area (Å²) in [5, 5.41) is 9.11. The van der Waals surface area contributed by atoms with E-state index in [1.165, 1.54) is 19.3 Å². The third-order valence-electron chi connectivity index (χ3n) is 3.77. The molecular weight excluding hydrogens is 210 g/mol. The van der Waals surface area contributed by atoms with Gasteiger partial charge in [-0.15, -0.1) is 0 Å². The number of hydrogen-bond donors (Lipinski definition) is 0. The van der Waals surface area contributed by atoms with Crippen LogP contribution in [0.1, 0.15) is 42.3 Å². The fraction of sp³-hybridized carbons (Fsp3) is 0.429. The summed E-state index contributed by atoms with van der Waals surface area (Å²) in [6, 6.07) is 6.86. The van der Waals surface area contributed by atoms with Gasteiger partial charge in [-0.2, -0.15) is 5.26 Å². The molecule has 0 N–H and O–H groups in total. The Morgan fingerprint density at radius 3 is 2.71 bits per heavy atom. The van der Waals surface area contributed by atoms with Crippen LogP contribution < -0.4 is 0 Å². The number of aryl methyl sites for hydroxylation is 2. The van der Waals surface area contributed by atoms with Gasteiger partial charge in [-0.1, -0.05) is 0 Å². The predicted molar refractivity (Wildman–Crippen MR) is 66.8 cm³/mol. The van der Waals surface area contributed by atoms with Crippen LogP contribution in [-0.2, 0) is 0 Å². The molecule has 1 aromatic carbocycles. The largest absolute Gasteiger partial charge is 0.325 e. The van der Waals surface area contributed by atoms with Crippen molar-refractivity contribution in [3.63, 3.8) is 0 Å². The molecule has 0 atom stereocenters. The van der Waals surface area contributed by atoms with Crippen LogP contribution >= 0.6 is 0 Å². The van der Waals surface area contributed by atoms with Crippen LogP contribution in [0.4, 0.5) is 0 Å². The lowest BCUT2D eigenvalue weighted by atomic mass is 9.92. The first kappa shape index (κ1) is 10.3. The van der Waals surface area contributed by atoms with Crippen LogP contribution in [0.3, 0.4) is 0 Å². The average molecular weight is 225 g/mol. The van der Waals surface area contributed by atoms with Crippen LogP contribution in [0.2, 0.25) is 0 Å². The Morgan fingerprint density at radius 1 is 1.35 bits per heavy atom. The Hall–Kier alpha value is -1.82. The Balaban J connectivity index is 2.27. The molecule has 1 heterocycles. The van der Waals surface area contributed by atoms with E-state index in [1.807, 2.05) is 19.1 Å². The van der Waals surface area contributed by atoms with Crippen molar-refractivity contribution < 1.29 is 0 Å². The van der Waals surface area contributed by atoms with Crippen molar-refractivity contribution in [2.75, 3.05) is 0 Å². The maximum absolute atomic E-state index is 9.11. The normalized spacial score (nSPS) is 15.8. The van der Waals surface area contributed by atoms with Crippen LogP contribution in [-0.4, -0.2) is 9.55 Å². The molecule has 1 saturated carbocycles. The topological polar surface area (TPSA) is 41.6 Å². The van der Waals surface area contributed by atoms with Crippen LogP contribution in [0, 0.1) is 25.2 Å².